The Balaban J connectivity index is 1.27. The molecule has 0 spiro atoms. The molecule has 0 bridgehead atoms. The number of aliphatic hydroxyl groups excluding tert-OH is 1. The first kappa shape index (κ1) is 32.2. The summed E-state index contributed by atoms with van der Waals surface area (Å²) < 4.78 is 10.9. The van der Waals surface area contributed by atoms with Crippen molar-refractivity contribution < 1.29 is 19.4 Å². The van der Waals surface area contributed by atoms with E-state index in [2.05, 4.69) is 30.0 Å². The molecule has 4 heterocycles. The van der Waals surface area contributed by atoms with Gasteiger partial charge in [-0.05, 0) is 68.6 Å². The van der Waals surface area contributed by atoms with E-state index >= 15 is 0 Å². The summed E-state index contributed by atoms with van der Waals surface area (Å²) in [6.45, 7) is 8.92. The van der Waals surface area contributed by atoms with Gasteiger partial charge in [0.15, 0.2) is 5.75 Å². The molecule has 236 valence electrons. The third-order valence-corrected chi connectivity index (χ3v) is 8.30. The minimum absolute atomic E-state index is 0.341. The fourth-order valence-electron chi connectivity index (χ4n) is 5.61. The van der Waals surface area contributed by atoms with Gasteiger partial charge in [-0.25, -0.2) is 19.7 Å². The van der Waals surface area contributed by atoms with Crippen LogP contribution < -0.4 is 15.0 Å². The Labute approximate surface area is 268 Å². The van der Waals surface area contributed by atoms with Crippen molar-refractivity contribution in [3.63, 3.8) is 0 Å². The van der Waals surface area contributed by atoms with E-state index in [0.717, 1.165) is 63.2 Å². The molecule has 2 saturated heterocycles. The van der Waals surface area contributed by atoms with Crippen molar-refractivity contribution in [2.24, 2.45) is 5.92 Å². The van der Waals surface area contributed by atoms with Crippen LogP contribution >= 0.6 is 23.2 Å². The van der Waals surface area contributed by atoms with Gasteiger partial charge < -0.3 is 24.8 Å². The second-order valence-corrected chi connectivity index (χ2v) is 12.3. The van der Waals surface area contributed by atoms with Crippen molar-refractivity contribution in [2.75, 3.05) is 64.4 Å². The Morgan fingerprint density at radius 3 is 2.32 bits per heavy atom. The molecule has 2 aliphatic rings. The molecule has 44 heavy (non-hydrogen) atoms. The molecule has 13 heteroatoms. The molecule has 1 aromatic carbocycles. The average Bonchev–Trinajstić information content (AvgIpc) is 3.00. The van der Waals surface area contributed by atoms with Crippen molar-refractivity contribution in [3.05, 3.63) is 58.3 Å². The van der Waals surface area contributed by atoms with Gasteiger partial charge in [0.1, 0.15) is 0 Å². The number of rotatable bonds is 10. The summed E-state index contributed by atoms with van der Waals surface area (Å²) in [4.78, 5) is 32.1. The number of piperazine rings is 1. The summed E-state index contributed by atoms with van der Waals surface area (Å²) >= 11 is 12.6. The fraction of sp³-hybridized carbons (Fsp3) is 0.484. The summed E-state index contributed by atoms with van der Waals surface area (Å²) in [7, 11) is 1.38. The smallest absolute Gasteiger partial charge is 0.406 e. The van der Waals surface area contributed by atoms with Crippen LogP contribution in [-0.2, 0) is 11.3 Å². The Morgan fingerprint density at radius 2 is 1.68 bits per heavy atom. The summed E-state index contributed by atoms with van der Waals surface area (Å²) in [6, 6.07) is 9.34. The number of likely N-dealkylation sites (tertiary alicyclic amines) is 1. The number of nitrogens with zero attached hydrogens (tertiary/aromatic N) is 6. The number of pyridine rings is 1. The Morgan fingerprint density at radius 1 is 1.00 bits per heavy atom. The summed E-state index contributed by atoms with van der Waals surface area (Å²) in [5.41, 5.74) is 2.54. The minimum atomic E-state index is -0.391. The highest BCUT2D eigenvalue weighted by atomic mass is 35.5. The Kier molecular flexibility index (Phi) is 11.1. The molecule has 5 rings (SSSR count). The number of β-amino-alcohol motifs (C(OH)–C–C–N with tert-alkyl or cyclic N) is 1. The number of aromatic nitrogens is 3. The third kappa shape index (κ3) is 9.15. The number of benzene rings is 1. The first-order valence-electron chi connectivity index (χ1n) is 14.9. The molecule has 0 aliphatic carbocycles. The van der Waals surface area contributed by atoms with E-state index in [1.54, 1.807) is 18.5 Å². The molecule has 1 unspecified atom stereocenters. The lowest BCUT2D eigenvalue weighted by Crippen LogP contribution is -2.48. The molecule has 0 saturated carbocycles. The number of anilines is 1. The number of carbonyl (C=O) groups is 1. The summed E-state index contributed by atoms with van der Waals surface area (Å²) in [6.07, 6.45) is 4.57. The van der Waals surface area contributed by atoms with Crippen LogP contribution in [-0.4, -0.2) is 102 Å². The van der Waals surface area contributed by atoms with Gasteiger partial charge in [-0.1, -0.05) is 23.2 Å². The second-order valence-electron chi connectivity index (χ2n) is 11.4. The number of piperidine rings is 1. The van der Waals surface area contributed by atoms with Gasteiger partial charge in [0, 0.05) is 67.5 Å². The van der Waals surface area contributed by atoms with E-state index in [-0.39, 0.29) is 6.10 Å². The van der Waals surface area contributed by atoms with Crippen molar-refractivity contribution in [2.45, 2.75) is 32.4 Å². The summed E-state index contributed by atoms with van der Waals surface area (Å²) in [5, 5.41) is 13.5. The Hall–Kier alpha value is -3.22. The van der Waals surface area contributed by atoms with Crippen molar-refractivity contribution in [1.82, 2.24) is 30.1 Å². The van der Waals surface area contributed by atoms with Gasteiger partial charge in [0.2, 0.25) is 11.8 Å². The third-order valence-electron chi connectivity index (χ3n) is 7.87. The maximum absolute atomic E-state index is 11.4. The van der Waals surface area contributed by atoms with Gasteiger partial charge in [0.25, 0.3) is 0 Å². The van der Waals surface area contributed by atoms with Crippen LogP contribution in [0.15, 0.2) is 42.7 Å². The van der Waals surface area contributed by atoms with Crippen LogP contribution in [0.4, 0.5) is 10.7 Å². The highest BCUT2D eigenvalue weighted by molar-refractivity contribution is 6.35. The van der Waals surface area contributed by atoms with Crippen molar-refractivity contribution in [3.8, 4) is 22.9 Å². The minimum Gasteiger partial charge on any atom is -0.453 e. The molecule has 1 atom stereocenters. The first-order chi connectivity index (χ1) is 21.2. The van der Waals surface area contributed by atoms with E-state index in [9.17, 15) is 9.90 Å². The number of aliphatic hydroxyl groups is 1. The SMILES string of the molecule is COC(=O)NCC1CCN(Cc2cc(Oc3cnc(N4CCN(CC(C)O)CC4)nc3)nc(-c3cc(Cl)cc(Cl)c3)c2)CC1. The normalized spacial score (nSPS) is 17.3. The summed E-state index contributed by atoms with van der Waals surface area (Å²) in [5.74, 6) is 1.98. The maximum Gasteiger partial charge on any atom is 0.406 e. The molecule has 2 N–H and O–H groups in total. The molecule has 2 aliphatic heterocycles. The number of nitrogens with one attached hydrogen (secondary N) is 1. The quantitative estimate of drug-likeness (QED) is 0.322. The molecule has 2 fully saturated rings. The maximum atomic E-state index is 11.4. The van der Waals surface area contributed by atoms with Gasteiger partial charge in [-0.15, -0.1) is 0 Å². The standard InChI is InChI=1S/C31H39Cl2N7O4/c1-21(41)19-39-7-9-40(10-8-39)30-34-17-27(18-35-30)44-29-12-23(11-28(37-29)24-13-25(32)15-26(33)14-24)20-38-5-3-22(4-6-38)16-36-31(42)43-2/h11-15,17-18,21-22,41H,3-10,16,19-20H2,1-2H3,(H,36,42). The number of amides is 1. The molecular formula is C31H39Cl2N7O4. The number of hydrogen-bond acceptors (Lipinski definition) is 10. The lowest BCUT2D eigenvalue weighted by Gasteiger charge is -2.35. The predicted molar refractivity (Wildman–Crippen MR) is 171 cm³/mol. The molecule has 3 aromatic rings. The molecule has 11 nitrogen and oxygen atoms in total. The zero-order valence-electron chi connectivity index (χ0n) is 25.1. The van der Waals surface area contributed by atoms with Crippen molar-refractivity contribution in [1.29, 1.82) is 0 Å². The number of hydrogen-bond donors (Lipinski definition) is 2. The lowest BCUT2D eigenvalue weighted by molar-refractivity contribution is 0.122. The van der Waals surface area contributed by atoms with Crippen LogP contribution in [0, 0.1) is 5.92 Å². The van der Waals surface area contributed by atoms with Gasteiger partial charge in [-0.3, -0.25) is 9.80 Å². The number of halogens is 2. The molecule has 2 aromatic heterocycles. The number of alkyl carbamates (subject to hydrolysis) is 1. The van der Waals surface area contributed by atoms with Crippen LogP contribution in [0.3, 0.4) is 0 Å². The zero-order valence-corrected chi connectivity index (χ0v) is 26.6. The lowest BCUT2D eigenvalue weighted by atomic mass is 9.96. The topological polar surface area (TPSA) is 116 Å². The van der Waals surface area contributed by atoms with E-state index in [1.807, 2.05) is 31.2 Å². The Bertz CT molecular complexity index is 1380. The average molecular weight is 645 g/mol. The largest absolute Gasteiger partial charge is 0.453 e. The van der Waals surface area contributed by atoms with Crippen LogP contribution in [0.1, 0.15) is 25.3 Å². The first-order valence-corrected chi connectivity index (χ1v) is 15.7. The van der Waals surface area contributed by atoms with E-state index in [4.69, 9.17) is 37.7 Å². The number of ether oxygens (including phenoxy) is 2. The predicted octanol–water partition coefficient (Wildman–Crippen LogP) is 4.71. The van der Waals surface area contributed by atoms with Crippen LogP contribution in [0.5, 0.6) is 11.6 Å². The van der Waals surface area contributed by atoms with Gasteiger partial charge >= 0.3 is 6.09 Å². The highest BCUT2D eigenvalue weighted by Crippen LogP contribution is 2.31. The number of methoxy groups -OCH3 is 1. The van der Waals surface area contributed by atoms with Gasteiger partial charge in [0.05, 0.1) is 31.3 Å². The second kappa shape index (κ2) is 15.2. The van der Waals surface area contributed by atoms with E-state index < -0.39 is 6.09 Å². The van der Waals surface area contributed by atoms with Crippen molar-refractivity contribution >= 4 is 35.2 Å². The number of carbonyl (C=O) groups excluding carboxylic acids is 1. The van der Waals surface area contributed by atoms with Crippen LogP contribution in [0.25, 0.3) is 11.3 Å². The fourth-order valence-corrected chi connectivity index (χ4v) is 6.14. The van der Waals surface area contributed by atoms with Crippen LogP contribution in [0.2, 0.25) is 10.0 Å². The van der Waals surface area contributed by atoms with Gasteiger partial charge in [-0.2, -0.15) is 0 Å². The monoisotopic (exact) mass is 643 g/mol. The highest BCUT2D eigenvalue weighted by Gasteiger charge is 2.22. The van der Waals surface area contributed by atoms with E-state index in [1.165, 1.54) is 7.11 Å². The van der Waals surface area contributed by atoms with E-state index in [0.29, 0.717) is 58.9 Å². The molecular weight excluding hydrogens is 605 g/mol. The molecule has 0 radical (unpaired) electrons. The molecule has 1 amide bonds. The zero-order chi connectivity index (χ0) is 31.1.